The van der Waals surface area contributed by atoms with Gasteiger partial charge in [-0.3, -0.25) is 9.59 Å². The van der Waals surface area contributed by atoms with Crippen molar-refractivity contribution in [2.24, 2.45) is 0 Å². The lowest BCUT2D eigenvalue weighted by Gasteiger charge is -2.29. The van der Waals surface area contributed by atoms with Gasteiger partial charge in [0.1, 0.15) is 5.75 Å². The van der Waals surface area contributed by atoms with Crippen molar-refractivity contribution in [1.82, 2.24) is 10.2 Å². The van der Waals surface area contributed by atoms with Crippen LogP contribution in [-0.4, -0.2) is 36.9 Å². The lowest BCUT2D eigenvalue weighted by Crippen LogP contribution is -2.38. The third-order valence-corrected chi connectivity index (χ3v) is 4.46. The largest absolute Gasteiger partial charge is 0.497 e. The number of fused-ring (bicyclic) bond motifs is 1. The molecule has 1 aliphatic rings. The molecule has 130 valence electrons. The maximum atomic E-state index is 12.4. The van der Waals surface area contributed by atoms with E-state index in [1.54, 1.807) is 31.4 Å². The van der Waals surface area contributed by atoms with Gasteiger partial charge in [0.15, 0.2) is 0 Å². The van der Waals surface area contributed by atoms with Crippen LogP contribution in [0.25, 0.3) is 0 Å². The van der Waals surface area contributed by atoms with Gasteiger partial charge in [-0.1, -0.05) is 24.3 Å². The second-order valence-electron chi connectivity index (χ2n) is 6.07. The summed E-state index contributed by atoms with van der Waals surface area (Å²) in [4.78, 5) is 26.3. The second-order valence-corrected chi connectivity index (χ2v) is 6.07. The Balaban J connectivity index is 1.47. The monoisotopic (exact) mass is 338 g/mol. The van der Waals surface area contributed by atoms with Gasteiger partial charge in [-0.15, -0.1) is 0 Å². The fourth-order valence-electron chi connectivity index (χ4n) is 2.99. The molecule has 0 radical (unpaired) electrons. The number of amides is 2. The summed E-state index contributed by atoms with van der Waals surface area (Å²) in [5.41, 5.74) is 3.09. The van der Waals surface area contributed by atoms with Crippen molar-refractivity contribution in [2.75, 3.05) is 20.2 Å². The molecule has 0 aliphatic carbocycles. The third-order valence-electron chi connectivity index (χ3n) is 4.46. The van der Waals surface area contributed by atoms with Crippen molar-refractivity contribution < 1.29 is 14.3 Å². The zero-order valence-corrected chi connectivity index (χ0v) is 14.3. The van der Waals surface area contributed by atoms with Gasteiger partial charge in [-0.2, -0.15) is 0 Å². The van der Waals surface area contributed by atoms with Crippen LogP contribution in [0.5, 0.6) is 5.75 Å². The van der Waals surface area contributed by atoms with Gasteiger partial charge in [0.25, 0.3) is 5.91 Å². The Kier molecular flexibility index (Phi) is 5.33. The number of benzene rings is 2. The summed E-state index contributed by atoms with van der Waals surface area (Å²) in [6.45, 7) is 1.73. The summed E-state index contributed by atoms with van der Waals surface area (Å²) < 4.78 is 5.07. The molecule has 0 unspecified atom stereocenters. The zero-order valence-electron chi connectivity index (χ0n) is 14.3. The number of hydrogen-bond acceptors (Lipinski definition) is 3. The van der Waals surface area contributed by atoms with Crippen LogP contribution in [0.15, 0.2) is 48.5 Å². The van der Waals surface area contributed by atoms with Crippen LogP contribution in [0.2, 0.25) is 0 Å². The van der Waals surface area contributed by atoms with E-state index in [0.717, 1.165) is 13.0 Å². The van der Waals surface area contributed by atoms with E-state index in [4.69, 9.17) is 4.74 Å². The maximum Gasteiger partial charge on any atom is 0.251 e. The number of hydrogen-bond donors (Lipinski definition) is 1. The Labute approximate surface area is 147 Å². The topological polar surface area (TPSA) is 58.6 Å². The highest BCUT2D eigenvalue weighted by Crippen LogP contribution is 2.18. The molecule has 2 aromatic rings. The van der Waals surface area contributed by atoms with E-state index < -0.39 is 0 Å². The summed E-state index contributed by atoms with van der Waals surface area (Å²) in [7, 11) is 1.58. The molecule has 0 bridgehead atoms. The van der Waals surface area contributed by atoms with Gasteiger partial charge in [0, 0.05) is 31.6 Å². The molecule has 1 heterocycles. The summed E-state index contributed by atoms with van der Waals surface area (Å²) in [5, 5.41) is 2.80. The van der Waals surface area contributed by atoms with Crippen molar-refractivity contribution in [3.05, 3.63) is 65.2 Å². The first-order valence-electron chi connectivity index (χ1n) is 8.44. The highest BCUT2D eigenvalue weighted by atomic mass is 16.5. The van der Waals surface area contributed by atoms with E-state index in [2.05, 4.69) is 17.4 Å². The van der Waals surface area contributed by atoms with Crippen LogP contribution in [0.1, 0.15) is 27.9 Å². The standard InChI is InChI=1S/C20H22N2O3/c1-25-18-8-6-16(7-9-18)20(24)21-12-10-19(23)22-13-11-15-4-2-3-5-17(15)14-22/h2-9H,10-14H2,1H3,(H,21,24). The molecular weight excluding hydrogens is 316 g/mol. The average molecular weight is 338 g/mol. The number of rotatable bonds is 5. The van der Waals surface area contributed by atoms with E-state index in [9.17, 15) is 9.59 Å². The fourth-order valence-corrected chi connectivity index (χ4v) is 2.99. The molecular formula is C20H22N2O3. The van der Waals surface area contributed by atoms with Crippen molar-refractivity contribution in [3.8, 4) is 5.75 Å². The van der Waals surface area contributed by atoms with Crippen LogP contribution >= 0.6 is 0 Å². The SMILES string of the molecule is COc1ccc(C(=O)NCCC(=O)N2CCc3ccccc3C2)cc1. The Morgan fingerprint density at radius 3 is 2.52 bits per heavy atom. The van der Waals surface area contributed by atoms with Crippen LogP contribution in [0.4, 0.5) is 0 Å². The summed E-state index contributed by atoms with van der Waals surface area (Å²) in [6.07, 6.45) is 1.20. The molecule has 0 fully saturated rings. The number of nitrogens with zero attached hydrogens (tertiary/aromatic N) is 1. The Morgan fingerprint density at radius 1 is 1.08 bits per heavy atom. The zero-order chi connectivity index (χ0) is 17.6. The van der Waals surface area contributed by atoms with Crippen molar-refractivity contribution >= 4 is 11.8 Å². The van der Waals surface area contributed by atoms with E-state index in [1.807, 2.05) is 17.0 Å². The van der Waals surface area contributed by atoms with Gasteiger partial charge < -0.3 is 15.0 Å². The van der Waals surface area contributed by atoms with Crippen molar-refractivity contribution in [1.29, 1.82) is 0 Å². The molecule has 1 N–H and O–H groups in total. The van der Waals surface area contributed by atoms with Crippen molar-refractivity contribution in [3.63, 3.8) is 0 Å². The van der Waals surface area contributed by atoms with Crippen LogP contribution in [-0.2, 0) is 17.8 Å². The van der Waals surface area contributed by atoms with Gasteiger partial charge in [-0.25, -0.2) is 0 Å². The van der Waals surface area contributed by atoms with E-state index >= 15 is 0 Å². The van der Waals surface area contributed by atoms with Crippen LogP contribution in [0.3, 0.4) is 0 Å². The Hall–Kier alpha value is -2.82. The Morgan fingerprint density at radius 2 is 1.80 bits per heavy atom. The lowest BCUT2D eigenvalue weighted by atomic mass is 10.00. The minimum Gasteiger partial charge on any atom is -0.497 e. The fraction of sp³-hybridized carbons (Fsp3) is 0.300. The van der Waals surface area contributed by atoms with Crippen LogP contribution in [0, 0.1) is 0 Å². The number of nitrogens with one attached hydrogen (secondary N) is 1. The van der Waals surface area contributed by atoms with E-state index in [0.29, 0.717) is 30.8 Å². The first-order chi connectivity index (χ1) is 12.2. The lowest BCUT2D eigenvalue weighted by molar-refractivity contribution is -0.131. The summed E-state index contributed by atoms with van der Waals surface area (Å²) >= 11 is 0. The van der Waals surface area contributed by atoms with Gasteiger partial charge in [0.05, 0.1) is 7.11 Å². The molecule has 0 saturated heterocycles. The molecule has 2 amide bonds. The number of carbonyl (C=O) groups is 2. The van der Waals surface area contributed by atoms with Gasteiger partial charge >= 0.3 is 0 Å². The molecule has 3 rings (SSSR count). The highest BCUT2D eigenvalue weighted by molar-refractivity contribution is 5.94. The molecule has 25 heavy (non-hydrogen) atoms. The number of carbonyl (C=O) groups excluding carboxylic acids is 2. The molecule has 0 saturated carbocycles. The normalized spacial score (nSPS) is 13.1. The molecule has 2 aromatic carbocycles. The molecule has 1 aliphatic heterocycles. The Bertz CT molecular complexity index is 756. The minimum absolute atomic E-state index is 0.0736. The first-order valence-corrected chi connectivity index (χ1v) is 8.44. The maximum absolute atomic E-state index is 12.4. The minimum atomic E-state index is -0.181. The molecule has 0 aromatic heterocycles. The average Bonchev–Trinajstić information content (AvgIpc) is 2.67. The number of methoxy groups -OCH3 is 1. The summed E-state index contributed by atoms with van der Waals surface area (Å²) in [6, 6.07) is 15.1. The van der Waals surface area contributed by atoms with Crippen molar-refractivity contribution in [2.45, 2.75) is 19.4 Å². The number of ether oxygens (including phenoxy) is 1. The molecule has 0 spiro atoms. The second kappa shape index (κ2) is 7.83. The quantitative estimate of drug-likeness (QED) is 0.911. The predicted octanol–water partition coefficient (Wildman–Crippen LogP) is 2.40. The molecule has 0 atom stereocenters. The smallest absolute Gasteiger partial charge is 0.251 e. The molecule has 5 heteroatoms. The van der Waals surface area contributed by atoms with E-state index in [1.165, 1.54) is 11.1 Å². The van der Waals surface area contributed by atoms with Gasteiger partial charge in [0.2, 0.25) is 5.91 Å². The first kappa shape index (κ1) is 17.0. The summed E-state index contributed by atoms with van der Waals surface area (Å²) in [5.74, 6) is 0.598. The van der Waals surface area contributed by atoms with Crippen LogP contribution < -0.4 is 10.1 Å². The highest BCUT2D eigenvalue weighted by Gasteiger charge is 2.20. The van der Waals surface area contributed by atoms with Gasteiger partial charge in [-0.05, 0) is 41.8 Å². The predicted molar refractivity (Wildman–Crippen MR) is 95.5 cm³/mol. The molecule has 5 nitrogen and oxygen atoms in total. The van der Waals surface area contributed by atoms with E-state index in [-0.39, 0.29) is 11.8 Å². The third kappa shape index (κ3) is 4.18.